The smallest absolute Gasteiger partial charge is 0.398 e. The van der Waals surface area contributed by atoms with Crippen LogP contribution in [0.2, 0.25) is 5.02 Å². The molecular weight excluding hydrogens is 289 g/mol. The summed E-state index contributed by atoms with van der Waals surface area (Å²) in [5, 5.41) is 2.75. The molecule has 0 aromatic heterocycles. The molecular formula is C14H12ClF3N2. The Kier molecular flexibility index (Phi) is 3.81. The lowest BCUT2D eigenvalue weighted by molar-refractivity contribution is -0.136. The Morgan fingerprint density at radius 2 is 1.80 bits per heavy atom. The molecule has 2 aromatic rings. The lowest BCUT2D eigenvalue weighted by Crippen LogP contribution is -2.09. The molecule has 0 bridgehead atoms. The molecule has 0 aliphatic carbocycles. The summed E-state index contributed by atoms with van der Waals surface area (Å²) in [5.41, 5.74) is 6.72. The van der Waals surface area contributed by atoms with Crippen LogP contribution in [0.3, 0.4) is 0 Å². The molecule has 106 valence electrons. The van der Waals surface area contributed by atoms with Crippen LogP contribution in [-0.2, 0) is 6.18 Å². The number of hydrogen-bond donors (Lipinski definition) is 2. The van der Waals surface area contributed by atoms with Crippen molar-refractivity contribution in [3.8, 4) is 0 Å². The van der Waals surface area contributed by atoms with Gasteiger partial charge in [-0.1, -0.05) is 17.7 Å². The molecule has 2 rings (SSSR count). The van der Waals surface area contributed by atoms with Crippen LogP contribution >= 0.6 is 11.6 Å². The summed E-state index contributed by atoms with van der Waals surface area (Å²) >= 11 is 5.62. The fourth-order valence-electron chi connectivity index (χ4n) is 1.73. The van der Waals surface area contributed by atoms with Gasteiger partial charge in [0.05, 0.1) is 11.3 Å². The number of alkyl halides is 3. The Hall–Kier alpha value is -1.88. The van der Waals surface area contributed by atoms with Crippen LogP contribution in [0.1, 0.15) is 11.1 Å². The van der Waals surface area contributed by atoms with Crippen LogP contribution in [0.15, 0.2) is 36.4 Å². The minimum atomic E-state index is -4.48. The first kappa shape index (κ1) is 14.5. The van der Waals surface area contributed by atoms with Crippen LogP contribution in [0, 0.1) is 6.92 Å². The Morgan fingerprint density at radius 3 is 2.40 bits per heavy atom. The first-order chi connectivity index (χ1) is 9.27. The molecule has 0 fully saturated rings. The predicted molar refractivity (Wildman–Crippen MR) is 75.3 cm³/mol. The third-order valence-corrected chi connectivity index (χ3v) is 3.08. The van der Waals surface area contributed by atoms with Gasteiger partial charge in [-0.3, -0.25) is 0 Å². The van der Waals surface area contributed by atoms with Gasteiger partial charge in [-0.25, -0.2) is 0 Å². The molecule has 0 aliphatic heterocycles. The molecule has 0 atom stereocenters. The van der Waals surface area contributed by atoms with E-state index in [0.717, 1.165) is 11.6 Å². The third kappa shape index (κ3) is 3.17. The second-order valence-electron chi connectivity index (χ2n) is 4.38. The van der Waals surface area contributed by atoms with E-state index in [0.29, 0.717) is 11.4 Å². The number of halogens is 4. The van der Waals surface area contributed by atoms with Crippen molar-refractivity contribution in [3.05, 3.63) is 52.5 Å². The normalized spacial score (nSPS) is 11.4. The van der Waals surface area contributed by atoms with Crippen LogP contribution in [0.25, 0.3) is 0 Å². The van der Waals surface area contributed by atoms with Gasteiger partial charge in [0.25, 0.3) is 0 Å². The van der Waals surface area contributed by atoms with E-state index in [-0.39, 0.29) is 10.7 Å². The maximum Gasteiger partial charge on any atom is 0.418 e. The molecule has 3 N–H and O–H groups in total. The molecule has 20 heavy (non-hydrogen) atoms. The molecule has 2 aromatic carbocycles. The molecule has 0 amide bonds. The zero-order valence-electron chi connectivity index (χ0n) is 10.6. The number of aryl methyl sites for hydroxylation is 1. The van der Waals surface area contributed by atoms with Crippen LogP contribution < -0.4 is 11.1 Å². The van der Waals surface area contributed by atoms with E-state index in [4.69, 9.17) is 17.3 Å². The van der Waals surface area contributed by atoms with Gasteiger partial charge in [0.2, 0.25) is 0 Å². The van der Waals surface area contributed by atoms with Gasteiger partial charge >= 0.3 is 6.18 Å². The van der Waals surface area contributed by atoms with Crippen molar-refractivity contribution < 1.29 is 13.2 Å². The number of nitrogens with two attached hydrogens (primary N) is 1. The lowest BCUT2D eigenvalue weighted by atomic mass is 10.1. The lowest BCUT2D eigenvalue weighted by Gasteiger charge is -2.15. The van der Waals surface area contributed by atoms with E-state index in [2.05, 4.69) is 5.32 Å². The Labute approximate surface area is 119 Å². The highest BCUT2D eigenvalue weighted by atomic mass is 35.5. The minimum Gasteiger partial charge on any atom is -0.398 e. The summed E-state index contributed by atoms with van der Waals surface area (Å²) in [6, 6.07) is 8.57. The van der Waals surface area contributed by atoms with E-state index in [1.165, 1.54) is 12.1 Å². The number of hydrogen-bond acceptors (Lipinski definition) is 2. The fourth-order valence-corrected chi connectivity index (χ4v) is 1.91. The largest absolute Gasteiger partial charge is 0.418 e. The van der Waals surface area contributed by atoms with Gasteiger partial charge in [0, 0.05) is 16.4 Å². The van der Waals surface area contributed by atoms with E-state index >= 15 is 0 Å². The van der Waals surface area contributed by atoms with Gasteiger partial charge in [-0.15, -0.1) is 0 Å². The first-order valence-corrected chi connectivity index (χ1v) is 6.15. The minimum absolute atomic E-state index is 0.0336. The van der Waals surface area contributed by atoms with Crippen molar-refractivity contribution in [2.75, 3.05) is 11.1 Å². The number of benzene rings is 2. The maximum atomic E-state index is 13.0. The number of anilines is 3. The van der Waals surface area contributed by atoms with E-state index < -0.39 is 11.7 Å². The quantitative estimate of drug-likeness (QED) is 0.767. The summed E-state index contributed by atoms with van der Waals surface area (Å²) in [4.78, 5) is 0. The average molecular weight is 301 g/mol. The molecule has 0 unspecified atom stereocenters. The van der Waals surface area contributed by atoms with Crippen LogP contribution in [0.4, 0.5) is 30.2 Å². The zero-order valence-corrected chi connectivity index (χ0v) is 11.3. The highest BCUT2D eigenvalue weighted by molar-refractivity contribution is 6.30. The molecule has 0 saturated heterocycles. The summed E-state index contributed by atoms with van der Waals surface area (Å²) in [6.45, 7) is 1.82. The fraction of sp³-hybridized carbons (Fsp3) is 0.143. The van der Waals surface area contributed by atoms with Crippen LogP contribution in [-0.4, -0.2) is 0 Å². The molecule has 0 aliphatic rings. The second kappa shape index (κ2) is 5.25. The molecule has 2 nitrogen and oxygen atoms in total. The van der Waals surface area contributed by atoms with E-state index in [1.807, 2.05) is 6.92 Å². The van der Waals surface area contributed by atoms with Gasteiger partial charge in [-0.05, 0) is 42.8 Å². The van der Waals surface area contributed by atoms with Gasteiger partial charge < -0.3 is 11.1 Å². The molecule has 0 saturated carbocycles. The average Bonchev–Trinajstić information content (AvgIpc) is 2.35. The highest BCUT2D eigenvalue weighted by Crippen LogP contribution is 2.37. The van der Waals surface area contributed by atoms with E-state index in [1.54, 1.807) is 18.2 Å². The summed E-state index contributed by atoms with van der Waals surface area (Å²) in [6.07, 6.45) is -4.48. The van der Waals surface area contributed by atoms with Gasteiger partial charge in [-0.2, -0.15) is 13.2 Å². The maximum absolute atomic E-state index is 13.0. The Morgan fingerprint density at radius 1 is 1.10 bits per heavy atom. The highest BCUT2D eigenvalue weighted by Gasteiger charge is 2.33. The number of nitrogens with one attached hydrogen (secondary N) is 1. The van der Waals surface area contributed by atoms with Crippen molar-refractivity contribution in [1.82, 2.24) is 0 Å². The predicted octanol–water partition coefficient (Wildman–Crippen LogP) is 4.99. The summed E-state index contributed by atoms with van der Waals surface area (Å²) < 4.78 is 38.9. The molecule has 6 heteroatoms. The van der Waals surface area contributed by atoms with Crippen LogP contribution in [0.5, 0.6) is 0 Å². The number of nitrogen functional groups attached to an aromatic ring is 1. The van der Waals surface area contributed by atoms with Gasteiger partial charge in [0.15, 0.2) is 0 Å². The zero-order chi connectivity index (χ0) is 14.9. The Balaban J connectivity index is 2.40. The van der Waals surface area contributed by atoms with Gasteiger partial charge in [0.1, 0.15) is 0 Å². The standard InChI is InChI=1S/C14H12ClF3N2/c1-8-2-4-10(7-12(8)19)20-13-5-3-9(15)6-11(13)14(16,17)18/h2-7,20H,19H2,1H3. The number of rotatable bonds is 2. The first-order valence-electron chi connectivity index (χ1n) is 5.77. The van der Waals surface area contributed by atoms with Crippen molar-refractivity contribution in [3.63, 3.8) is 0 Å². The van der Waals surface area contributed by atoms with E-state index in [9.17, 15) is 13.2 Å². The Bertz CT molecular complexity index is 639. The monoisotopic (exact) mass is 300 g/mol. The second-order valence-corrected chi connectivity index (χ2v) is 4.82. The molecule has 0 radical (unpaired) electrons. The topological polar surface area (TPSA) is 38.0 Å². The summed E-state index contributed by atoms with van der Waals surface area (Å²) in [5.74, 6) is 0. The van der Waals surface area contributed by atoms with Crippen molar-refractivity contribution in [2.45, 2.75) is 13.1 Å². The van der Waals surface area contributed by atoms with Crippen molar-refractivity contribution in [2.24, 2.45) is 0 Å². The third-order valence-electron chi connectivity index (χ3n) is 2.85. The summed E-state index contributed by atoms with van der Waals surface area (Å²) in [7, 11) is 0. The molecule has 0 spiro atoms. The van der Waals surface area contributed by atoms with Crippen molar-refractivity contribution in [1.29, 1.82) is 0 Å². The SMILES string of the molecule is Cc1ccc(Nc2ccc(Cl)cc2C(F)(F)F)cc1N. The van der Waals surface area contributed by atoms with Crippen molar-refractivity contribution >= 4 is 28.7 Å². The molecule has 0 heterocycles.